The van der Waals surface area contributed by atoms with Crippen molar-refractivity contribution in [3.8, 4) is 0 Å². The number of allylic oxidation sites excluding steroid dienone is 1. The number of benzene rings is 1. The van der Waals surface area contributed by atoms with Crippen LogP contribution in [0.3, 0.4) is 0 Å². The molecule has 0 bridgehead atoms. The second-order valence-corrected chi connectivity index (χ2v) is 10.4. The topological polar surface area (TPSA) is 103 Å². The number of carbonyl (C=O) groups is 1. The number of carbonyl (C=O) groups excluding carboxylic acids is 1. The zero-order chi connectivity index (χ0) is 22.3. The summed E-state index contributed by atoms with van der Waals surface area (Å²) in [5.41, 5.74) is 3.69. The quantitative estimate of drug-likeness (QED) is 0.746. The first-order chi connectivity index (χ1) is 14.6. The highest BCUT2D eigenvalue weighted by Gasteiger charge is 2.39. The van der Waals surface area contributed by atoms with Gasteiger partial charge in [0.1, 0.15) is 5.84 Å². The molecule has 0 aromatic heterocycles. The first-order valence-electron chi connectivity index (χ1n) is 10.6. The summed E-state index contributed by atoms with van der Waals surface area (Å²) >= 11 is 0. The van der Waals surface area contributed by atoms with E-state index in [2.05, 4.69) is 28.0 Å². The largest absolute Gasteiger partial charge is 0.361 e. The van der Waals surface area contributed by atoms with Crippen molar-refractivity contribution in [1.82, 2.24) is 10.2 Å². The number of rotatable bonds is 4. The van der Waals surface area contributed by atoms with Gasteiger partial charge in [-0.25, -0.2) is 13.4 Å². The van der Waals surface area contributed by atoms with Crippen LogP contribution in [-0.4, -0.2) is 61.8 Å². The van der Waals surface area contributed by atoms with E-state index in [1.165, 1.54) is 5.57 Å². The number of dihydropyridines is 1. The summed E-state index contributed by atoms with van der Waals surface area (Å²) < 4.78 is 26.1. The van der Waals surface area contributed by atoms with Gasteiger partial charge in [0, 0.05) is 12.3 Å². The fourth-order valence-corrected chi connectivity index (χ4v) is 5.10. The molecule has 3 aliphatic rings. The number of nitrogens with zero attached hydrogens (tertiary/aromatic N) is 3. The predicted molar refractivity (Wildman–Crippen MR) is 123 cm³/mol. The molecule has 9 heteroatoms. The van der Waals surface area contributed by atoms with Gasteiger partial charge < -0.3 is 10.2 Å². The summed E-state index contributed by atoms with van der Waals surface area (Å²) in [5.74, 6) is 0.602. The third-order valence-corrected chi connectivity index (χ3v) is 6.51. The average Bonchev–Trinajstić information content (AvgIpc) is 3.12. The lowest BCUT2D eigenvalue weighted by Crippen LogP contribution is -2.52. The minimum atomic E-state index is -3.51. The maximum atomic E-state index is 13.6. The predicted octanol–water partition coefficient (Wildman–Crippen LogP) is 2.48. The van der Waals surface area contributed by atoms with Crippen LogP contribution in [0, 0.1) is 6.92 Å². The molecule has 2 N–H and O–H groups in total. The smallest absolute Gasteiger partial charge is 0.256 e. The van der Waals surface area contributed by atoms with E-state index in [0.29, 0.717) is 17.8 Å². The molecular formula is C22H29N5O3S. The number of aryl methyl sites for hydroxylation is 1. The Bertz CT molecular complexity index is 1110. The molecule has 3 heterocycles. The van der Waals surface area contributed by atoms with Crippen LogP contribution in [0.25, 0.3) is 0 Å². The number of hydrogen-bond acceptors (Lipinski definition) is 6. The molecule has 0 saturated carbocycles. The Hall–Kier alpha value is -2.68. The molecule has 1 saturated heterocycles. The number of amides is 1. The molecule has 3 atom stereocenters. The Balaban J connectivity index is 1.65. The Morgan fingerprint density at radius 1 is 1.19 bits per heavy atom. The number of aliphatic imine (C=N–C) groups is 2. The minimum absolute atomic E-state index is 0.0269. The van der Waals surface area contributed by atoms with Crippen LogP contribution in [0.15, 0.2) is 39.8 Å². The summed E-state index contributed by atoms with van der Waals surface area (Å²) in [4.78, 5) is 24.9. The lowest BCUT2D eigenvalue weighted by molar-refractivity contribution is 0.0679. The monoisotopic (exact) mass is 443 g/mol. The van der Waals surface area contributed by atoms with Crippen molar-refractivity contribution in [2.75, 3.05) is 17.5 Å². The van der Waals surface area contributed by atoms with Crippen LogP contribution in [0.5, 0.6) is 0 Å². The molecule has 4 rings (SSSR count). The number of amidine groups is 1. The Labute approximate surface area is 183 Å². The lowest BCUT2D eigenvalue weighted by Gasteiger charge is -2.36. The minimum Gasteiger partial charge on any atom is -0.361 e. The van der Waals surface area contributed by atoms with Crippen LogP contribution in [-0.2, 0) is 10.0 Å². The van der Waals surface area contributed by atoms with E-state index < -0.39 is 10.0 Å². The Morgan fingerprint density at radius 2 is 1.97 bits per heavy atom. The van der Waals surface area contributed by atoms with Gasteiger partial charge in [0.05, 0.1) is 29.6 Å². The van der Waals surface area contributed by atoms with Gasteiger partial charge in [-0.1, -0.05) is 11.6 Å². The fourth-order valence-electron chi connectivity index (χ4n) is 4.53. The number of anilines is 1. The Morgan fingerprint density at radius 3 is 2.71 bits per heavy atom. The van der Waals surface area contributed by atoms with Crippen molar-refractivity contribution in [1.29, 1.82) is 0 Å². The van der Waals surface area contributed by atoms with E-state index in [0.717, 1.165) is 42.6 Å². The first kappa shape index (κ1) is 21.5. The van der Waals surface area contributed by atoms with E-state index >= 15 is 0 Å². The van der Waals surface area contributed by atoms with Gasteiger partial charge in [-0.3, -0.25) is 14.5 Å². The molecule has 1 fully saturated rings. The van der Waals surface area contributed by atoms with Gasteiger partial charge in [0.2, 0.25) is 10.0 Å². The summed E-state index contributed by atoms with van der Waals surface area (Å²) in [6.45, 7) is 6.53. The van der Waals surface area contributed by atoms with Crippen molar-refractivity contribution in [2.45, 2.75) is 58.3 Å². The zero-order valence-corrected chi connectivity index (χ0v) is 19.2. The van der Waals surface area contributed by atoms with E-state index in [-0.39, 0.29) is 24.2 Å². The number of piperidine rings is 1. The highest BCUT2D eigenvalue weighted by atomic mass is 32.2. The number of sulfonamides is 1. The van der Waals surface area contributed by atoms with Gasteiger partial charge in [0.25, 0.3) is 5.91 Å². The van der Waals surface area contributed by atoms with Crippen LogP contribution in [0.4, 0.5) is 5.69 Å². The van der Waals surface area contributed by atoms with E-state index in [9.17, 15) is 13.2 Å². The second-order valence-electron chi connectivity index (χ2n) is 8.64. The molecule has 0 aliphatic carbocycles. The maximum absolute atomic E-state index is 13.6. The maximum Gasteiger partial charge on any atom is 0.256 e. The molecule has 1 aromatic carbocycles. The van der Waals surface area contributed by atoms with Crippen molar-refractivity contribution in [2.24, 2.45) is 9.98 Å². The van der Waals surface area contributed by atoms with Crippen LogP contribution in [0.1, 0.15) is 49.0 Å². The molecular weight excluding hydrogens is 414 g/mol. The normalized spacial score (nSPS) is 25.7. The molecule has 31 heavy (non-hydrogen) atoms. The molecule has 166 valence electrons. The lowest BCUT2D eigenvalue weighted by atomic mass is 9.98. The number of fused-ring (bicyclic) bond motifs is 1. The van der Waals surface area contributed by atoms with Crippen molar-refractivity contribution in [3.05, 3.63) is 41.0 Å². The van der Waals surface area contributed by atoms with Crippen molar-refractivity contribution < 1.29 is 13.2 Å². The molecule has 3 aliphatic heterocycles. The molecule has 2 unspecified atom stereocenters. The highest BCUT2D eigenvalue weighted by Crippen LogP contribution is 2.29. The summed E-state index contributed by atoms with van der Waals surface area (Å²) in [6, 6.07) is 5.03. The molecule has 0 spiro atoms. The Kier molecular flexibility index (Phi) is 5.63. The zero-order valence-electron chi connectivity index (χ0n) is 18.3. The summed E-state index contributed by atoms with van der Waals surface area (Å²) in [7, 11) is -3.51. The third kappa shape index (κ3) is 4.51. The number of likely N-dealkylation sites (tertiary alicyclic amines) is 1. The van der Waals surface area contributed by atoms with Gasteiger partial charge >= 0.3 is 0 Å². The fraction of sp³-hybridized carbons (Fsp3) is 0.500. The number of nitrogens with one attached hydrogen (secondary N) is 2. The van der Waals surface area contributed by atoms with E-state index in [1.807, 2.05) is 18.7 Å². The molecule has 8 nitrogen and oxygen atoms in total. The molecule has 1 aromatic rings. The first-order valence-corrected chi connectivity index (χ1v) is 12.5. The van der Waals surface area contributed by atoms with Crippen molar-refractivity contribution in [3.63, 3.8) is 0 Å². The van der Waals surface area contributed by atoms with Crippen LogP contribution < -0.4 is 10.0 Å². The van der Waals surface area contributed by atoms with Gasteiger partial charge in [-0.15, -0.1) is 0 Å². The molecule has 0 radical (unpaired) electrons. The van der Waals surface area contributed by atoms with E-state index in [1.54, 1.807) is 18.2 Å². The van der Waals surface area contributed by atoms with Crippen molar-refractivity contribution >= 4 is 33.2 Å². The number of hydrogen-bond donors (Lipinski definition) is 2. The van der Waals surface area contributed by atoms with E-state index in [4.69, 9.17) is 4.99 Å². The summed E-state index contributed by atoms with van der Waals surface area (Å²) in [6.07, 6.45) is 5.67. The van der Waals surface area contributed by atoms with Crippen LogP contribution in [0.2, 0.25) is 0 Å². The second kappa shape index (κ2) is 8.11. The van der Waals surface area contributed by atoms with Gasteiger partial charge in [-0.2, -0.15) is 0 Å². The molecule has 1 amide bonds. The van der Waals surface area contributed by atoms with Gasteiger partial charge in [0.15, 0.2) is 6.17 Å². The standard InChI is InChI=1S/C22H29N5O3S/c1-13-8-9-17(26-31(4,29)30)16(11-13)22(28)27-10-6-5-7-18(27)20-24-19-14(2)12-15(3)23-21(19)25-20/h8-9,11-12,18-19,21,26H,5-7,10H2,1-4H3,(H,24,25)/t18-,19?,21?/m0/s1. The SMILES string of the molecule is CC1=CC(C)=NC2N=C([C@@H]3CCCCN3C(=O)c3cc(C)ccc3NS(C)(=O)=O)NC12. The highest BCUT2D eigenvalue weighted by molar-refractivity contribution is 7.92. The summed E-state index contributed by atoms with van der Waals surface area (Å²) in [5, 5.41) is 3.50. The average molecular weight is 444 g/mol. The third-order valence-electron chi connectivity index (χ3n) is 5.92. The van der Waals surface area contributed by atoms with Gasteiger partial charge in [-0.05, 0) is 63.8 Å². The van der Waals surface area contributed by atoms with Crippen LogP contribution >= 0.6 is 0 Å².